The average Bonchev–Trinajstić information content (AvgIpc) is 2.50. The van der Waals surface area contributed by atoms with E-state index >= 15 is 0 Å². The third kappa shape index (κ3) is 3.77. The Morgan fingerprint density at radius 2 is 2.13 bits per heavy atom. The summed E-state index contributed by atoms with van der Waals surface area (Å²) in [6.45, 7) is 1.47. The van der Waals surface area contributed by atoms with Crippen LogP contribution in [0.25, 0.3) is 0 Å². The highest BCUT2D eigenvalue weighted by molar-refractivity contribution is 5.85. The van der Waals surface area contributed by atoms with Crippen molar-refractivity contribution in [2.75, 3.05) is 0 Å². The number of nitrogens with one attached hydrogen (secondary N) is 1. The molecule has 3 atom stereocenters. The molecule has 1 aliphatic carbocycles. The molecule has 0 saturated heterocycles. The summed E-state index contributed by atoms with van der Waals surface area (Å²) in [5.74, 6) is -1.06. The molecule has 3 N–H and O–H groups in total. The normalized spacial score (nSPS) is 20.5. The predicted molar refractivity (Wildman–Crippen MR) is 78.1 cm³/mol. The van der Waals surface area contributed by atoms with E-state index in [0.29, 0.717) is 30.4 Å². The topological polar surface area (TPSA) is 69.6 Å². The zero-order valence-corrected chi connectivity index (χ0v) is 12.7. The first-order valence-corrected chi connectivity index (χ1v) is 7.61. The molecule has 1 aromatic rings. The minimum Gasteiger partial charge on any atom is -0.508 e. The van der Waals surface area contributed by atoms with Crippen molar-refractivity contribution in [1.82, 2.24) is 5.32 Å². The van der Waals surface area contributed by atoms with Crippen molar-refractivity contribution in [3.05, 3.63) is 29.3 Å². The van der Waals surface area contributed by atoms with Gasteiger partial charge in [-0.2, -0.15) is 13.2 Å². The molecule has 0 radical (unpaired) electrons. The first-order valence-electron chi connectivity index (χ1n) is 7.61. The molecule has 0 aromatic heterocycles. The Morgan fingerprint density at radius 1 is 1.43 bits per heavy atom. The van der Waals surface area contributed by atoms with Gasteiger partial charge in [0.05, 0.1) is 12.0 Å². The smallest absolute Gasteiger partial charge is 0.416 e. The van der Waals surface area contributed by atoms with Crippen LogP contribution < -0.4 is 5.32 Å². The molecule has 3 unspecified atom stereocenters. The molecular weight excluding hydrogens is 311 g/mol. The third-order valence-electron chi connectivity index (χ3n) is 4.28. The van der Waals surface area contributed by atoms with Crippen molar-refractivity contribution in [2.45, 2.75) is 56.8 Å². The van der Waals surface area contributed by atoms with E-state index in [-0.39, 0.29) is 12.2 Å². The maximum absolute atomic E-state index is 12.6. The standard InChI is InChI=1S/C16H20F3NO3/c1-2-12(14(22)16(17,18)19)20-15(23)11-7-3-6-10-9(11)5-4-8-13(10)21/h4-5,8,11-12,14,21-22H,2-3,6-7H2,1H3,(H,20,23). The number of aromatic hydroxyl groups is 1. The number of carbonyl (C=O) groups is 1. The number of fused-ring (bicyclic) bond motifs is 1. The predicted octanol–water partition coefficient (Wildman–Crippen LogP) is 2.63. The number of aliphatic hydroxyl groups is 1. The fraction of sp³-hybridized carbons (Fsp3) is 0.562. The number of phenols is 1. The van der Waals surface area contributed by atoms with Crippen molar-refractivity contribution < 1.29 is 28.2 Å². The first-order chi connectivity index (χ1) is 10.8. The third-order valence-corrected chi connectivity index (χ3v) is 4.28. The highest BCUT2D eigenvalue weighted by atomic mass is 19.4. The summed E-state index contributed by atoms with van der Waals surface area (Å²) in [7, 11) is 0. The van der Waals surface area contributed by atoms with Gasteiger partial charge in [0, 0.05) is 0 Å². The van der Waals surface area contributed by atoms with Gasteiger partial charge in [-0.05, 0) is 42.9 Å². The second-order valence-electron chi connectivity index (χ2n) is 5.80. The SMILES string of the molecule is CCC(NC(=O)C1CCCc2c(O)cccc21)C(O)C(F)(F)F. The molecule has 7 heteroatoms. The van der Waals surface area contributed by atoms with Crippen LogP contribution in [0.3, 0.4) is 0 Å². The number of alkyl halides is 3. The summed E-state index contributed by atoms with van der Waals surface area (Å²) in [6.07, 6.45) is -5.61. The fourth-order valence-corrected chi connectivity index (χ4v) is 3.02. The zero-order chi connectivity index (χ0) is 17.2. The number of hydrogen-bond donors (Lipinski definition) is 3. The number of carbonyl (C=O) groups excluding carboxylic acids is 1. The molecule has 0 bridgehead atoms. The molecule has 0 aliphatic heterocycles. The van der Waals surface area contributed by atoms with E-state index in [4.69, 9.17) is 0 Å². The first kappa shape index (κ1) is 17.6. The van der Waals surface area contributed by atoms with Crippen LogP contribution >= 0.6 is 0 Å². The minimum atomic E-state index is -4.78. The van der Waals surface area contributed by atoms with Gasteiger partial charge in [0.25, 0.3) is 0 Å². The zero-order valence-electron chi connectivity index (χ0n) is 12.7. The van der Waals surface area contributed by atoms with Crippen molar-refractivity contribution in [3.8, 4) is 5.75 Å². The van der Waals surface area contributed by atoms with Gasteiger partial charge in [-0.3, -0.25) is 4.79 Å². The number of benzene rings is 1. The summed E-state index contributed by atoms with van der Waals surface area (Å²) in [4.78, 5) is 12.4. The van der Waals surface area contributed by atoms with Crippen molar-refractivity contribution in [3.63, 3.8) is 0 Å². The Balaban J connectivity index is 2.17. The van der Waals surface area contributed by atoms with Gasteiger partial charge in [-0.25, -0.2) is 0 Å². The Kier molecular flexibility index (Phi) is 5.19. The van der Waals surface area contributed by atoms with Gasteiger partial charge in [0.15, 0.2) is 6.10 Å². The van der Waals surface area contributed by atoms with Crippen LogP contribution in [0.2, 0.25) is 0 Å². The molecule has 23 heavy (non-hydrogen) atoms. The highest BCUT2D eigenvalue weighted by Gasteiger charge is 2.44. The summed E-state index contributed by atoms with van der Waals surface area (Å²) in [6, 6.07) is 3.47. The number of hydrogen-bond acceptors (Lipinski definition) is 3. The molecule has 0 spiro atoms. The van der Waals surface area contributed by atoms with Gasteiger partial charge >= 0.3 is 6.18 Å². The molecular formula is C16H20F3NO3. The van der Waals surface area contributed by atoms with E-state index < -0.39 is 30.1 Å². The summed E-state index contributed by atoms with van der Waals surface area (Å²) >= 11 is 0. The largest absolute Gasteiger partial charge is 0.508 e. The van der Waals surface area contributed by atoms with Crippen molar-refractivity contribution >= 4 is 5.91 Å². The molecule has 1 aromatic carbocycles. The van der Waals surface area contributed by atoms with Crippen LogP contribution in [0, 0.1) is 0 Å². The van der Waals surface area contributed by atoms with E-state index in [9.17, 15) is 28.2 Å². The van der Waals surface area contributed by atoms with Gasteiger partial charge in [0.2, 0.25) is 5.91 Å². The lowest BCUT2D eigenvalue weighted by Crippen LogP contribution is -2.50. The fourth-order valence-electron chi connectivity index (χ4n) is 3.02. The second-order valence-corrected chi connectivity index (χ2v) is 5.80. The summed E-state index contributed by atoms with van der Waals surface area (Å²) < 4.78 is 37.9. The Bertz CT molecular complexity index is 574. The summed E-state index contributed by atoms with van der Waals surface area (Å²) in [5.41, 5.74) is 1.31. The van der Waals surface area contributed by atoms with Gasteiger partial charge in [-0.1, -0.05) is 19.1 Å². The molecule has 1 amide bonds. The molecule has 0 fully saturated rings. The maximum atomic E-state index is 12.6. The minimum absolute atomic E-state index is 0.0357. The molecule has 4 nitrogen and oxygen atoms in total. The van der Waals surface area contributed by atoms with Gasteiger partial charge in [-0.15, -0.1) is 0 Å². The number of amides is 1. The Morgan fingerprint density at radius 3 is 2.74 bits per heavy atom. The van der Waals surface area contributed by atoms with Crippen LogP contribution in [0.15, 0.2) is 18.2 Å². The Hall–Kier alpha value is -1.76. The lowest BCUT2D eigenvalue weighted by atomic mass is 9.81. The monoisotopic (exact) mass is 331 g/mol. The van der Waals surface area contributed by atoms with E-state index in [2.05, 4.69) is 5.32 Å². The van der Waals surface area contributed by atoms with E-state index in [1.165, 1.54) is 13.0 Å². The van der Waals surface area contributed by atoms with Crippen LogP contribution in [-0.2, 0) is 11.2 Å². The number of halogens is 3. The highest BCUT2D eigenvalue weighted by Crippen LogP contribution is 2.36. The van der Waals surface area contributed by atoms with Crippen molar-refractivity contribution in [2.24, 2.45) is 0 Å². The molecule has 2 rings (SSSR count). The average molecular weight is 331 g/mol. The lowest BCUT2D eigenvalue weighted by molar-refractivity contribution is -0.212. The number of aliphatic hydroxyl groups excluding tert-OH is 1. The van der Waals surface area contributed by atoms with Crippen LogP contribution in [0.5, 0.6) is 5.75 Å². The van der Waals surface area contributed by atoms with Crippen molar-refractivity contribution in [1.29, 1.82) is 0 Å². The second kappa shape index (κ2) is 6.78. The summed E-state index contributed by atoms with van der Waals surface area (Å²) in [5, 5.41) is 21.5. The van der Waals surface area contributed by atoms with Crippen LogP contribution in [0.4, 0.5) is 13.2 Å². The van der Waals surface area contributed by atoms with E-state index in [1.807, 2.05) is 0 Å². The molecule has 0 saturated carbocycles. The van der Waals surface area contributed by atoms with E-state index in [0.717, 1.165) is 0 Å². The lowest BCUT2D eigenvalue weighted by Gasteiger charge is -2.29. The van der Waals surface area contributed by atoms with Crippen LogP contribution in [-0.4, -0.2) is 34.4 Å². The van der Waals surface area contributed by atoms with Gasteiger partial charge in [0.1, 0.15) is 5.75 Å². The Labute approximate surface area is 132 Å². The maximum Gasteiger partial charge on any atom is 0.416 e. The molecule has 0 heterocycles. The molecule has 128 valence electrons. The number of phenolic OH excluding ortho intramolecular Hbond substituents is 1. The van der Waals surface area contributed by atoms with E-state index in [1.54, 1.807) is 12.1 Å². The quantitative estimate of drug-likeness (QED) is 0.794. The number of rotatable bonds is 4. The van der Waals surface area contributed by atoms with Crippen LogP contribution in [0.1, 0.15) is 43.2 Å². The van der Waals surface area contributed by atoms with Gasteiger partial charge < -0.3 is 15.5 Å². The molecule has 1 aliphatic rings.